The number of ether oxygens (including phenoxy) is 1. The molecule has 2 rings (SSSR count). The molecular weight excluding hydrogens is 328 g/mol. The van der Waals surface area contributed by atoms with Crippen molar-refractivity contribution in [1.29, 1.82) is 0 Å². The Balaban J connectivity index is 2.20. The largest absolute Gasteiger partial charge is 0.481 e. The minimum atomic E-state index is -0.977. The molecule has 0 radical (unpaired) electrons. The number of carbonyl (C=O) groups excluding carboxylic acids is 1. The number of carboxylic acid groups (broad SMARTS) is 1. The molecule has 1 aromatic rings. The molecule has 4 N–H and O–H groups in total. The lowest BCUT2D eigenvalue weighted by Gasteiger charge is -2.26. The quantitative estimate of drug-likeness (QED) is 0.768. The van der Waals surface area contributed by atoms with Crippen LogP contribution in [0, 0.1) is 5.41 Å². The zero-order valence-electron chi connectivity index (χ0n) is 10.9. The average molecular weight is 343 g/mol. The topological polar surface area (TPSA) is 102 Å². The molecule has 1 amide bonds. The highest BCUT2D eigenvalue weighted by Crippen LogP contribution is 2.32. The van der Waals surface area contributed by atoms with Crippen molar-refractivity contribution < 1.29 is 19.4 Å². The van der Waals surface area contributed by atoms with Crippen LogP contribution >= 0.6 is 15.9 Å². The summed E-state index contributed by atoms with van der Waals surface area (Å²) in [5.41, 5.74) is 5.32. The Hall–Kier alpha value is -1.60. The first-order valence-electron chi connectivity index (χ1n) is 6.01. The summed E-state index contributed by atoms with van der Waals surface area (Å²) in [5.74, 6) is -1.43. The number of aliphatic carboxylic acids is 1. The number of hydrogen-bond donors (Lipinski definition) is 3. The van der Waals surface area contributed by atoms with Crippen molar-refractivity contribution in [2.75, 3.05) is 18.5 Å². The Kier molecular flexibility index (Phi) is 4.01. The van der Waals surface area contributed by atoms with Gasteiger partial charge in [0.25, 0.3) is 0 Å². The molecule has 1 heterocycles. The van der Waals surface area contributed by atoms with E-state index in [1.54, 1.807) is 25.1 Å². The monoisotopic (exact) mass is 342 g/mol. The van der Waals surface area contributed by atoms with Crippen molar-refractivity contribution in [2.45, 2.75) is 13.0 Å². The third-order valence-corrected chi connectivity index (χ3v) is 4.18. The summed E-state index contributed by atoms with van der Waals surface area (Å²) in [7, 11) is 0. The fraction of sp³-hybridized carbons (Fsp3) is 0.385. The molecule has 1 fully saturated rings. The first-order chi connectivity index (χ1) is 9.34. The van der Waals surface area contributed by atoms with Crippen LogP contribution in [0.1, 0.15) is 17.3 Å². The molecule has 0 aromatic heterocycles. The second-order valence-corrected chi connectivity index (χ2v) is 5.85. The number of halogens is 1. The third kappa shape index (κ3) is 2.64. The Morgan fingerprint density at radius 2 is 2.25 bits per heavy atom. The lowest BCUT2D eigenvalue weighted by molar-refractivity contribution is -0.148. The summed E-state index contributed by atoms with van der Waals surface area (Å²) in [6.45, 7) is 2.13. The summed E-state index contributed by atoms with van der Waals surface area (Å²) in [4.78, 5) is 22.5. The van der Waals surface area contributed by atoms with E-state index in [2.05, 4.69) is 21.2 Å². The van der Waals surface area contributed by atoms with E-state index in [0.29, 0.717) is 22.3 Å². The van der Waals surface area contributed by atoms with Crippen LogP contribution in [0.15, 0.2) is 22.7 Å². The van der Waals surface area contributed by atoms with E-state index in [0.717, 1.165) is 0 Å². The molecule has 1 aliphatic heterocycles. The second kappa shape index (κ2) is 5.41. The Morgan fingerprint density at radius 1 is 1.55 bits per heavy atom. The van der Waals surface area contributed by atoms with Crippen molar-refractivity contribution >= 4 is 33.5 Å². The van der Waals surface area contributed by atoms with Crippen molar-refractivity contribution in [1.82, 2.24) is 0 Å². The van der Waals surface area contributed by atoms with E-state index in [1.165, 1.54) is 0 Å². The molecule has 0 saturated carbocycles. The van der Waals surface area contributed by atoms with Gasteiger partial charge in [-0.1, -0.05) is 0 Å². The van der Waals surface area contributed by atoms with E-state index in [-0.39, 0.29) is 12.6 Å². The molecule has 1 aromatic carbocycles. The summed E-state index contributed by atoms with van der Waals surface area (Å²) in [6, 6.07) is 4.63. The zero-order chi connectivity index (χ0) is 14.9. The highest BCUT2D eigenvalue weighted by Gasteiger charge is 2.46. The van der Waals surface area contributed by atoms with Gasteiger partial charge in [0.05, 0.1) is 24.8 Å². The van der Waals surface area contributed by atoms with Crippen molar-refractivity contribution in [2.24, 2.45) is 11.1 Å². The summed E-state index contributed by atoms with van der Waals surface area (Å²) in [6.07, 6.45) is 0. The predicted molar refractivity (Wildman–Crippen MR) is 76.6 cm³/mol. The summed E-state index contributed by atoms with van der Waals surface area (Å²) < 4.78 is 5.83. The van der Waals surface area contributed by atoms with Gasteiger partial charge in [0.1, 0.15) is 5.41 Å². The normalized spacial score (nSPS) is 25.4. The van der Waals surface area contributed by atoms with Crippen LogP contribution in [0.25, 0.3) is 0 Å². The van der Waals surface area contributed by atoms with Gasteiger partial charge < -0.3 is 20.9 Å². The van der Waals surface area contributed by atoms with Crippen LogP contribution in [0.3, 0.4) is 0 Å². The molecule has 1 saturated heterocycles. The van der Waals surface area contributed by atoms with E-state index in [4.69, 9.17) is 10.5 Å². The van der Waals surface area contributed by atoms with Gasteiger partial charge in [-0.05, 0) is 41.1 Å². The van der Waals surface area contributed by atoms with Crippen LogP contribution in [-0.4, -0.2) is 36.2 Å². The second-order valence-electron chi connectivity index (χ2n) is 4.99. The molecular formula is C13H15BrN2O4. The number of amides is 1. The maximum absolute atomic E-state index is 11.3. The molecule has 7 heteroatoms. The number of hydrogen-bond acceptors (Lipinski definition) is 4. The smallest absolute Gasteiger partial charge is 0.313 e. The number of anilines is 1. The standard InChI is InChI=1S/C13H15BrN2O4/c1-13(12(18)19)6-20-5-10(13)16-7-2-3-8(11(15)17)9(14)4-7/h2-4,10,16H,5-6H2,1H3,(H2,15,17)(H,18,19). The molecule has 6 nitrogen and oxygen atoms in total. The van der Waals surface area contributed by atoms with Crippen LogP contribution < -0.4 is 11.1 Å². The fourth-order valence-electron chi connectivity index (χ4n) is 2.09. The van der Waals surface area contributed by atoms with E-state index >= 15 is 0 Å². The lowest BCUT2D eigenvalue weighted by Crippen LogP contribution is -2.43. The molecule has 0 spiro atoms. The number of nitrogens with two attached hydrogens (primary N) is 1. The first kappa shape index (κ1) is 14.8. The Labute approximate surface area is 124 Å². The van der Waals surface area contributed by atoms with Gasteiger partial charge in [-0.3, -0.25) is 9.59 Å². The van der Waals surface area contributed by atoms with Gasteiger partial charge >= 0.3 is 5.97 Å². The van der Waals surface area contributed by atoms with Gasteiger partial charge in [0, 0.05) is 10.2 Å². The number of primary amides is 1. The van der Waals surface area contributed by atoms with Gasteiger partial charge in [0.2, 0.25) is 5.91 Å². The van der Waals surface area contributed by atoms with E-state index in [1.807, 2.05) is 0 Å². The minimum absolute atomic E-state index is 0.167. The van der Waals surface area contributed by atoms with Gasteiger partial charge in [-0.2, -0.15) is 0 Å². The number of benzene rings is 1. The van der Waals surface area contributed by atoms with Crippen LogP contribution in [0.4, 0.5) is 5.69 Å². The van der Waals surface area contributed by atoms with E-state index in [9.17, 15) is 14.7 Å². The third-order valence-electron chi connectivity index (χ3n) is 3.52. The van der Waals surface area contributed by atoms with Crippen molar-refractivity contribution in [3.63, 3.8) is 0 Å². The number of carboxylic acids is 1. The van der Waals surface area contributed by atoms with E-state index < -0.39 is 17.3 Å². The van der Waals surface area contributed by atoms with Crippen molar-refractivity contribution in [3.05, 3.63) is 28.2 Å². The first-order valence-corrected chi connectivity index (χ1v) is 6.81. The molecule has 2 atom stereocenters. The molecule has 108 valence electrons. The SMILES string of the molecule is CC1(C(=O)O)COCC1Nc1ccc(C(N)=O)c(Br)c1. The van der Waals surface area contributed by atoms with Gasteiger partial charge in [-0.15, -0.1) is 0 Å². The predicted octanol–water partition coefficient (Wildman–Crippen LogP) is 1.45. The molecule has 0 bridgehead atoms. The maximum atomic E-state index is 11.3. The van der Waals surface area contributed by atoms with Gasteiger partial charge in [-0.25, -0.2) is 0 Å². The molecule has 2 unspecified atom stereocenters. The average Bonchev–Trinajstić information content (AvgIpc) is 2.72. The molecule has 0 aliphatic carbocycles. The lowest BCUT2D eigenvalue weighted by atomic mass is 9.85. The van der Waals surface area contributed by atoms with Crippen molar-refractivity contribution in [3.8, 4) is 0 Å². The highest BCUT2D eigenvalue weighted by atomic mass is 79.9. The van der Waals surface area contributed by atoms with Gasteiger partial charge in [0.15, 0.2) is 0 Å². The maximum Gasteiger partial charge on any atom is 0.313 e. The van der Waals surface area contributed by atoms with Crippen LogP contribution in [-0.2, 0) is 9.53 Å². The highest BCUT2D eigenvalue weighted by molar-refractivity contribution is 9.10. The zero-order valence-corrected chi connectivity index (χ0v) is 12.4. The number of nitrogens with one attached hydrogen (secondary N) is 1. The Morgan fingerprint density at radius 3 is 2.80 bits per heavy atom. The summed E-state index contributed by atoms with van der Waals surface area (Å²) >= 11 is 3.27. The molecule has 20 heavy (non-hydrogen) atoms. The van der Waals surface area contributed by atoms with Crippen LogP contribution in [0.2, 0.25) is 0 Å². The van der Waals surface area contributed by atoms with Crippen LogP contribution in [0.5, 0.6) is 0 Å². The number of carbonyl (C=O) groups is 2. The minimum Gasteiger partial charge on any atom is -0.481 e. The summed E-state index contributed by atoms with van der Waals surface area (Å²) in [5, 5.41) is 12.4. The number of rotatable bonds is 4. The fourth-order valence-corrected chi connectivity index (χ4v) is 2.67. The Bertz CT molecular complexity index is 563. The molecule has 1 aliphatic rings.